The molecule has 1 atom stereocenters. The number of hydrogen-bond acceptors (Lipinski definition) is 3. The molecule has 0 spiro atoms. The van der Waals surface area contributed by atoms with E-state index >= 15 is 0 Å². The van der Waals surface area contributed by atoms with Gasteiger partial charge in [0, 0.05) is 5.69 Å². The van der Waals surface area contributed by atoms with Gasteiger partial charge in [0.15, 0.2) is 0 Å². The van der Waals surface area contributed by atoms with Crippen LogP contribution in [0.3, 0.4) is 0 Å². The highest BCUT2D eigenvalue weighted by Gasteiger charge is 2.25. The van der Waals surface area contributed by atoms with E-state index in [2.05, 4.69) is 15.6 Å². The quantitative estimate of drug-likeness (QED) is 0.832. The second-order valence-corrected chi connectivity index (χ2v) is 6.57. The van der Waals surface area contributed by atoms with Crippen LogP contribution in [0, 0.1) is 12.8 Å². The molecule has 2 rings (SSSR count). The summed E-state index contributed by atoms with van der Waals surface area (Å²) in [6, 6.07) is 11.7. The van der Waals surface area contributed by atoms with Gasteiger partial charge in [0.05, 0.1) is 22.8 Å². The van der Waals surface area contributed by atoms with Gasteiger partial charge in [0.25, 0.3) is 5.91 Å². The largest absolute Gasteiger partial charge is 0.349 e. The van der Waals surface area contributed by atoms with Crippen LogP contribution in [0.15, 0.2) is 42.5 Å². The summed E-state index contributed by atoms with van der Waals surface area (Å²) in [4.78, 5) is 29.3. The molecule has 1 heterocycles. The predicted molar refractivity (Wildman–Crippen MR) is 98.4 cm³/mol. The van der Waals surface area contributed by atoms with E-state index in [9.17, 15) is 9.59 Å². The highest BCUT2D eigenvalue weighted by molar-refractivity contribution is 6.33. The Hall–Kier alpha value is -2.40. The molecule has 0 bridgehead atoms. The fourth-order valence-electron chi connectivity index (χ4n) is 2.38. The molecule has 132 valence electrons. The smallest absolute Gasteiger partial charge is 0.253 e. The molecule has 2 N–H and O–H groups in total. The molecule has 0 aliphatic carbocycles. The summed E-state index contributed by atoms with van der Waals surface area (Å²) in [6.45, 7) is 5.96. The van der Waals surface area contributed by atoms with Gasteiger partial charge in [-0.25, -0.2) is 0 Å². The molecular weight excluding hydrogens is 338 g/mol. The van der Waals surface area contributed by atoms with E-state index in [1.165, 1.54) is 0 Å². The first-order chi connectivity index (χ1) is 11.9. The van der Waals surface area contributed by atoms with Crippen LogP contribution in [0.25, 0.3) is 0 Å². The van der Waals surface area contributed by atoms with E-state index < -0.39 is 6.04 Å². The molecule has 1 aromatic heterocycles. The lowest BCUT2D eigenvalue weighted by Crippen LogP contribution is -2.49. The SMILES string of the molecule is Cc1cccc(CNC(=O)C(NC(=O)c2ccccc2Cl)C(C)C)n1. The van der Waals surface area contributed by atoms with Crippen molar-refractivity contribution in [2.75, 3.05) is 0 Å². The Kier molecular flexibility index (Phi) is 6.53. The number of amides is 2. The topological polar surface area (TPSA) is 71.1 Å². The highest BCUT2D eigenvalue weighted by atomic mass is 35.5. The molecule has 0 fully saturated rings. The maximum atomic E-state index is 12.5. The number of nitrogens with one attached hydrogen (secondary N) is 2. The second kappa shape index (κ2) is 8.62. The van der Waals surface area contributed by atoms with Crippen LogP contribution in [0.1, 0.15) is 35.6 Å². The predicted octanol–water partition coefficient (Wildman–Crippen LogP) is 3.11. The number of benzene rings is 1. The van der Waals surface area contributed by atoms with Crippen LogP contribution in [-0.4, -0.2) is 22.8 Å². The van der Waals surface area contributed by atoms with Gasteiger partial charge in [-0.05, 0) is 37.1 Å². The van der Waals surface area contributed by atoms with E-state index in [-0.39, 0.29) is 17.7 Å². The van der Waals surface area contributed by atoms with Gasteiger partial charge < -0.3 is 10.6 Å². The Labute approximate surface area is 152 Å². The summed E-state index contributed by atoms with van der Waals surface area (Å²) in [5, 5.41) is 5.95. The summed E-state index contributed by atoms with van der Waals surface area (Å²) in [6.07, 6.45) is 0. The van der Waals surface area contributed by atoms with E-state index in [4.69, 9.17) is 11.6 Å². The van der Waals surface area contributed by atoms with Crippen LogP contribution in [0.5, 0.6) is 0 Å². The van der Waals surface area contributed by atoms with Gasteiger partial charge in [0.2, 0.25) is 5.91 Å². The van der Waals surface area contributed by atoms with Crippen molar-refractivity contribution >= 4 is 23.4 Å². The number of carbonyl (C=O) groups excluding carboxylic acids is 2. The van der Waals surface area contributed by atoms with Crippen molar-refractivity contribution in [1.29, 1.82) is 0 Å². The van der Waals surface area contributed by atoms with Crippen molar-refractivity contribution in [3.63, 3.8) is 0 Å². The molecule has 0 radical (unpaired) electrons. The molecule has 0 aliphatic rings. The average molecular weight is 360 g/mol. The first-order valence-electron chi connectivity index (χ1n) is 8.14. The van der Waals surface area contributed by atoms with Gasteiger partial charge in [-0.2, -0.15) is 0 Å². The van der Waals surface area contributed by atoms with Crippen molar-refractivity contribution in [1.82, 2.24) is 15.6 Å². The zero-order chi connectivity index (χ0) is 18.4. The fraction of sp³-hybridized carbons (Fsp3) is 0.316. The Morgan fingerprint density at radius 3 is 2.48 bits per heavy atom. The summed E-state index contributed by atoms with van der Waals surface area (Å²) in [5.74, 6) is -0.691. The number of carbonyl (C=O) groups is 2. The minimum Gasteiger partial charge on any atom is -0.349 e. The van der Waals surface area contributed by atoms with E-state index in [1.807, 2.05) is 39.0 Å². The zero-order valence-electron chi connectivity index (χ0n) is 14.5. The molecule has 0 aliphatic heterocycles. The third-order valence-electron chi connectivity index (χ3n) is 3.74. The van der Waals surface area contributed by atoms with Gasteiger partial charge in [-0.1, -0.05) is 43.6 Å². The molecule has 0 saturated heterocycles. The summed E-state index contributed by atoms with van der Waals surface area (Å²) in [5.41, 5.74) is 2.01. The molecule has 0 saturated carbocycles. The van der Waals surface area contributed by atoms with E-state index in [0.29, 0.717) is 17.1 Å². The average Bonchev–Trinajstić information content (AvgIpc) is 2.57. The molecule has 1 aromatic carbocycles. The molecular formula is C19H22ClN3O2. The maximum absolute atomic E-state index is 12.5. The molecule has 1 unspecified atom stereocenters. The molecule has 2 amide bonds. The Morgan fingerprint density at radius 1 is 1.12 bits per heavy atom. The number of rotatable bonds is 6. The van der Waals surface area contributed by atoms with Crippen molar-refractivity contribution < 1.29 is 9.59 Å². The number of halogens is 1. The fourth-order valence-corrected chi connectivity index (χ4v) is 2.61. The minimum absolute atomic E-state index is 0.0723. The Bertz CT molecular complexity index is 762. The maximum Gasteiger partial charge on any atom is 0.253 e. The van der Waals surface area contributed by atoms with Gasteiger partial charge in [-0.3, -0.25) is 14.6 Å². The van der Waals surface area contributed by atoms with Crippen LogP contribution in [0.4, 0.5) is 0 Å². The minimum atomic E-state index is -0.659. The van der Waals surface area contributed by atoms with Crippen LogP contribution >= 0.6 is 11.6 Å². The number of pyridine rings is 1. The van der Waals surface area contributed by atoms with E-state index in [0.717, 1.165) is 11.4 Å². The lowest BCUT2D eigenvalue weighted by atomic mass is 10.0. The van der Waals surface area contributed by atoms with Crippen LogP contribution < -0.4 is 10.6 Å². The number of hydrogen-bond donors (Lipinski definition) is 2. The van der Waals surface area contributed by atoms with Crippen molar-refractivity contribution in [3.05, 3.63) is 64.4 Å². The summed E-state index contributed by atoms with van der Waals surface area (Å²) in [7, 11) is 0. The third kappa shape index (κ3) is 5.29. The highest BCUT2D eigenvalue weighted by Crippen LogP contribution is 2.15. The number of aromatic nitrogens is 1. The van der Waals surface area contributed by atoms with Gasteiger partial charge in [0.1, 0.15) is 6.04 Å². The zero-order valence-corrected chi connectivity index (χ0v) is 15.3. The lowest BCUT2D eigenvalue weighted by molar-refractivity contribution is -0.124. The van der Waals surface area contributed by atoms with Crippen molar-refractivity contribution in [3.8, 4) is 0 Å². The second-order valence-electron chi connectivity index (χ2n) is 6.16. The lowest BCUT2D eigenvalue weighted by Gasteiger charge is -2.22. The van der Waals surface area contributed by atoms with Crippen LogP contribution in [0.2, 0.25) is 5.02 Å². The van der Waals surface area contributed by atoms with Gasteiger partial charge >= 0.3 is 0 Å². The van der Waals surface area contributed by atoms with Crippen molar-refractivity contribution in [2.45, 2.75) is 33.4 Å². The molecule has 2 aromatic rings. The molecule has 5 nitrogen and oxygen atoms in total. The number of nitrogens with zero attached hydrogens (tertiary/aromatic N) is 1. The third-order valence-corrected chi connectivity index (χ3v) is 4.07. The molecule has 6 heteroatoms. The monoisotopic (exact) mass is 359 g/mol. The first kappa shape index (κ1) is 18.9. The standard InChI is InChI=1S/C19H22ClN3O2/c1-12(2)17(23-18(24)15-9-4-5-10-16(15)20)19(25)21-11-14-8-6-7-13(3)22-14/h4-10,12,17H,11H2,1-3H3,(H,21,25)(H,23,24). The number of aryl methyl sites for hydroxylation is 1. The Morgan fingerprint density at radius 2 is 1.84 bits per heavy atom. The van der Waals surface area contributed by atoms with Gasteiger partial charge in [-0.15, -0.1) is 0 Å². The van der Waals surface area contributed by atoms with E-state index in [1.54, 1.807) is 24.3 Å². The van der Waals surface area contributed by atoms with Crippen LogP contribution in [-0.2, 0) is 11.3 Å². The first-order valence-corrected chi connectivity index (χ1v) is 8.52. The summed E-state index contributed by atoms with van der Waals surface area (Å²) >= 11 is 6.05. The Balaban J connectivity index is 2.03. The van der Waals surface area contributed by atoms with Crippen molar-refractivity contribution in [2.24, 2.45) is 5.92 Å². The normalized spacial score (nSPS) is 11.9. The molecule has 25 heavy (non-hydrogen) atoms. The summed E-state index contributed by atoms with van der Waals surface area (Å²) < 4.78 is 0.